The molecular weight excluding hydrogens is 320 g/mol. The Morgan fingerprint density at radius 1 is 0.692 bits per heavy atom. The van der Waals surface area contributed by atoms with E-state index in [9.17, 15) is 9.59 Å². The smallest absolute Gasteiger partial charge is 0.170 e. The second-order valence-electron chi connectivity index (χ2n) is 6.10. The van der Waals surface area contributed by atoms with Crippen LogP contribution < -0.4 is 0 Å². The maximum absolute atomic E-state index is 12.9. The van der Waals surface area contributed by atoms with E-state index in [0.717, 1.165) is 5.56 Å². The number of carbonyl (C=O) groups excluding carboxylic acids is 2. The lowest BCUT2D eigenvalue weighted by Crippen LogP contribution is -2.17. The van der Waals surface area contributed by atoms with Crippen molar-refractivity contribution in [2.45, 2.75) is 6.42 Å². The molecule has 0 aliphatic heterocycles. The first kappa shape index (κ1) is 17.6. The van der Waals surface area contributed by atoms with Gasteiger partial charge in [-0.05, 0) is 5.56 Å². The Balaban J connectivity index is 1.85. The molecule has 0 amide bonds. The van der Waals surface area contributed by atoms with Crippen LogP contribution in [0.1, 0.15) is 32.7 Å². The largest absolute Gasteiger partial charge is 0.294 e. The minimum absolute atomic E-state index is 0.0300. The summed E-state index contributed by atoms with van der Waals surface area (Å²) in [6.07, 6.45) is 3.90. The summed E-state index contributed by atoms with van der Waals surface area (Å²) in [6, 6.07) is 28.0. The van der Waals surface area contributed by atoms with E-state index in [-0.39, 0.29) is 18.0 Å². The van der Waals surface area contributed by atoms with Gasteiger partial charge in [-0.2, -0.15) is 0 Å². The van der Waals surface area contributed by atoms with Crippen LogP contribution in [0.3, 0.4) is 0 Å². The van der Waals surface area contributed by atoms with E-state index < -0.39 is 5.92 Å². The van der Waals surface area contributed by atoms with Gasteiger partial charge >= 0.3 is 0 Å². The third kappa shape index (κ3) is 4.64. The Morgan fingerprint density at radius 2 is 1.19 bits per heavy atom. The molecule has 2 heteroatoms. The Morgan fingerprint density at radius 3 is 1.77 bits per heavy atom. The normalized spacial score (nSPS) is 12.0. The molecule has 128 valence electrons. The zero-order valence-electron chi connectivity index (χ0n) is 14.4. The molecule has 0 heterocycles. The zero-order chi connectivity index (χ0) is 18.2. The van der Waals surface area contributed by atoms with Crippen molar-refractivity contribution < 1.29 is 9.59 Å². The minimum Gasteiger partial charge on any atom is -0.294 e. The zero-order valence-corrected chi connectivity index (χ0v) is 14.4. The maximum atomic E-state index is 12.9. The lowest BCUT2D eigenvalue weighted by molar-refractivity contribution is 0.0879. The molecule has 0 aliphatic carbocycles. The quantitative estimate of drug-likeness (QED) is 0.534. The molecule has 3 aromatic rings. The van der Waals surface area contributed by atoms with Crippen molar-refractivity contribution in [1.82, 2.24) is 0 Å². The fourth-order valence-electron chi connectivity index (χ4n) is 2.80. The summed E-state index contributed by atoms with van der Waals surface area (Å²) in [6.45, 7) is 0. The molecule has 0 bridgehead atoms. The molecule has 1 unspecified atom stereocenters. The van der Waals surface area contributed by atoms with E-state index in [1.54, 1.807) is 24.3 Å². The molecular formula is C24H20O2. The highest BCUT2D eigenvalue weighted by atomic mass is 16.1. The second kappa shape index (κ2) is 8.72. The van der Waals surface area contributed by atoms with Crippen molar-refractivity contribution in [3.8, 4) is 0 Å². The van der Waals surface area contributed by atoms with E-state index in [0.29, 0.717) is 11.1 Å². The Labute approximate surface area is 153 Å². The summed E-state index contributed by atoms with van der Waals surface area (Å²) in [5.74, 6) is -0.565. The average Bonchev–Trinajstić information content (AvgIpc) is 2.72. The van der Waals surface area contributed by atoms with E-state index in [1.165, 1.54) is 0 Å². The Kier molecular flexibility index (Phi) is 5.89. The molecule has 2 nitrogen and oxygen atoms in total. The first-order valence-corrected chi connectivity index (χ1v) is 8.65. The van der Waals surface area contributed by atoms with Crippen LogP contribution in [0.2, 0.25) is 0 Å². The molecule has 0 radical (unpaired) electrons. The number of Topliss-reactive ketones (excluding diaryl/α,β-unsaturated/α-hetero) is 2. The van der Waals surface area contributed by atoms with Gasteiger partial charge in [0, 0.05) is 23.5 Å². The molecule has 0 saturated carbocycles. The molecule has 3 rings (SSSR count). The fraction of sp³-hybridized carbons (Fsp3) is 0.0833. The summed E-state index contributed by atoms with van der Waals surface area (Å²) < 4.78 is 0. The standard InChI is InChI=1S/C24H20O2/c25-23(20-12-6-2-7-13-20)18-22(17-16-19-10-4-1-5-11-19)24(26)21-14-8-3-9-15-21/h1-17,22H,18H2/b17-16+. The van der Waals surface area contributed by atoms with Gasteiger partial charge in [-0.3, -0.25) is 9.59 Å². The number of benzene rings is 3. The summed E-state index contributed by atoms with van der Waals surface area (Å²) in [5.41, 5.74) is 2.26. The van der Waals surface area contributed by atoms with Crippen LogP contribution in [0.4, 0.5) is 0 Å². The summed E-state index contributed by atoms with van der Waals surface area (Å²) in [5, 5.41) is 0. The van der Waals surface area contributed by atoms with Crippen molar-refractivity contribution >= 4 is 17.6 Å². The Bertz CT molecular complexity index is 881. The van der Waals surface area contributed by atoms with Crippen LogP contribution in [-0.4, -0.2) is 11.6 Å². The van der Waals surface area contributed by atoms with Gasteiger partial charge in [0.15, 0.2) is 11.6 Å². The van der Waals surface area contributed by atoms with Crippen LogP contribution in [-0.2, 0) is 0 Å². The van der Waals surface area contributed by atoms with Gasteiger partial charge in [0.05, 0.1) is 0 Å². The molecule has 0 aliphatic rings. The van der Waals surface area contributed by atoms with E-state index >= 15 is 0 Å². The van der Waals surface area contributed by atoms with Gasteiger partial charge in [0.2, 0.25) is 0 Å². The molecule has 26 heavy (non-hydrogen) atoms. The summed E-state index contributed by atoms with van der Waals surface area (Å²) in [7, 11) is 0. The topological polar surface area (TPSA) is 34.1 Å². The van der Waals surface area contributed by atoms with Crippen LogP contribution in [0.5, 0.6) is 0 Å². The van der Waals surface area contributed by atoms with Crippen molar-refractivity contribution in [3.05, 3.63) is 114 Å². The first-order chi connectivity index (χ1) is 12.7. The minimum atomic E-state index is -0.495. The average molecular weight is 340 g/mol. The second-order valence-corrected chi connectivity index (χ2v) is 6.10. The van der Waals surface area contributed by atoms with E-state index in [1.807, 2.05) is 78.9 Å². The van der Waals surface area contributed by atoms with Gasteiger partial charge in [0.25, 0.3) is 0 Å². The number of allylic oxidation sites excluding steroid dienone is 1. The predicted molar refractivity (Wildman–Crippen MR) is 105 cm³/mol. The van der Waals surface area contributed by atoms with E-state index in [4.69, 9.17) is 0 Å². The molecule has 3 aromatic carbocycles. The maximum Gasteiger partial charge on any atom is 0.170 e. The highest BCUT2D eigenvalue weighted by Gasteiger charge is 2.21. The lowest BCUT2D eigenvalue weighted by atomic mass is 9.90. The number of carbonyl (C=O) groups is 2. The molecule has 0 aromatic heterocycles. The highest BCUT2D eigenvalue weighted by Crippen LogP contribution is 2.19. The summed E-state index contributed by atoms with van der Waals surface area (Å²) in [4.78, 5) is 25.5. The van der Waals surface area contributed by atoms with E-state index in [2.05, 4.69) is 0 Å². The van der Waals surface area contributed by atoms with Crippen LogP contribution in [0.15, 0.2) is 97.1 Å². The van der Waals surface area contributed by atoms with Gasteiger partial charge in [-0.1, -0.05) is 103 Å². The third-order valence-corrected chi connectivity index (χ3v) is 4.22. The van der Waals surface area contributed by atoms with Crippen LogP contribution in [0, 0.1) is 5.92 Å². The molecule has 0 spiro atoms. The van der Waals surface area contributed by atoms with Gasteiger partial charge < -0.3 is 0 Å². The fourth-order valence-corrected chi connectivity index (χ4v) is 2.80. The monoisotopic (exact) mass is 340 g/mol. The first-order valence-electron chi connectivity index (χ1n) is 8.65. The molecule has 0 fully saturated rings. The summed E-state index contributed by atoms with van der Waals surface area (Å²) >= 11 is 0. The van der Waals surface area contributed by atoms with Crippen molar-refractivity contribution in [1.29, 1.82) is 0 Å². The van der Waals surface area contributed by atoms with Gasteiger partial charge in [-0.25, -0.2) is 0 Å². The van der Waals surface area contributed by atoms with Crippen LogP contribution in [0.25, 0.3) is 6.08 Å². The highest BCUT2D eigenvalue weighted by molar-refractivity contribution is 6.04. The Hall–Kier alpha value is -3.26. The van der Waals surface area contributed by atoms with Crippen molar-refractivity contribution in [2.24, 2.45) is 5.92 Å². The number of ketones is 2. The lowest BCUT2D eigenvalue weighted by Gasteiger charge is -2.12. The predicted octanol–water partition coefficient (Wildman–Crippen LogP) is 5.47. The number of rotatable bonds is 7. The molecule has 0 saturated heterocycles. The SMILES string of the molecule is O=C(CC(/C=C/c1ccccc1)C(=O)c1ccccc1)c1ccccc1. The number of hydrogen-bond acceptors (Lipinski definition) is 2. The van der Waals surface area contributed by atoms with Crippen LogP contribution >= 0.6 is 0 Å². The van der Waals surface area contributed by atoms with Gasteiger partial charge in [-0.15, -0.1) is 0 Å². The molecule has 0 N–H and O–H groups in total. The van der Waals surface area contributed by atoms with Crippen molar-refractivity contribution in [3.63, 3.8) is 0 Å². The van der Waals surface area contributed by atoms with Crippen molar-refractivity contribution in [2.75, 3.05) is 0 Å². The third-order valence-electron chi connectivity index (χ3n) is 4.22. The number of hydrogen-bond donors (Lipinski definition) is 0. The van der Waals surface area contributed by atoms with Gasteiger partial charge in [0.1, 0.15) is 0 Å². The molecule has 1 atom stereocenters.